The lowest BCUT2D eigenvalue weighted by Crippen LogP contribution is -2.39. The molecule has 0 aliphatic heterocycles. The Hall–Kier alpha value is -1.55. The number of anilines is 1. The third-order valence-electron chi connectivity index (χ3n) is 3.38. The first kappa shape index (κ1) is 25.4. The highest BCUT2D eigenvalue weighted by Gasteiger charge is 2.21. The second kappa shape index (κ2) is 12.8. The first-order valence-corrected chi connectivity index (χ1v) is 8.88. The molecule has 1 aromatic carbocycles. The first-order valence-electron chi connectivity index (χ1n) is 8.88. The number of carbonyl (C=O) groups excluding carboxylic acids is 1. The van der Waals surface area contributed by atoms with E-state index in [0.717, 1.165) is 17.7 Å². The number of benzene rings is 1. The van der Waals surface area contributed by atoms with E-state index in [9.17, 15) is 4.79 Å². The third kappa shape index (κ3) is 10.4. The summed E-state index contributed by atoms with van der Waals surface area (Å²) in [4.78, 5) is 18.2. The van der Waals surface area contributed by atoms with Gasteiger partial charge in [-0.1, -0.05) is 25.1 Å². The van der Waals surface area contributed by atoms with Crippen molar-refractivity contribution in [1.82, 2.24) is 4.90 Å². The molecule has 0 aliphatic carbocycles. The van der Waals surface area contributed by atoms with Crippen molar-refractivity contribution in [3.8, 4) is 0 Å². The van der Waals surface area contributed by atoms with E-state index in [2.05, 4.69) is 10.3 Å². The van der Waals surface area contributed by atoms with Gasteiger partial charge >= 0.3 is 6.09 Å². The molecule has 3 N–H and O–H groups in total. The van der Waals surface area contributed by atoms with E-state index < -0.39 is 5.60 Å². The Labute approximate surface area is 179 Å². The molecule has 1 amide bonds. The molecule has 0 heterocycles. The minimum atomic E-state index is -0.516. The van der Waals surface area contributed by atoms with Crippen LogP contribution in [0.5, 0.6) is 0 Å². The molecular weight excluding hydrogens is 459 g/mol. The highest BCUT2D eigenvalue weighted by atomic mass is 127. The van der Waals surface area contributed by atoms with Gasteiger partial charge in [0, 0.05) is 31.5 Å². The lowest BCUT2D eigenvalue weighted by atomic mass is 10.2. The van der Waals surface area contributed by atoms with Crippen molar-refractivity contribution in [3.05, 3.63) is 29.8 Å². The van der Waals surface area contributed by atoms with Gasteiger partial charge in [-0.05, 0) is 33.3 Å². The fourth-order valence-electron chi connectivity index (χ4n) is 2.28. The number of halogens is 1. The second-order valence-electron chi connectivity index (χ2n) is 6.95. The van der Waals surface area contributed by atoms with Gasteiger partial charge in [0.05, 0.1) is 13.2 Å². The van der Waals surface area contributed by atoms with Gasteiger partial charge in [0.15, 0.2) is 5.96 Å². The number of hydrogen-bond acceptors (Lipinski definition) is 4. The van der Waals surface area contributed by atoms with Gasteiger partial charge < -0.3 is 25.4 Å². The maximum atomic E-state index is 12.2. The molecule has 0 atom stereocenters. The zero-order chi connectivity index (χ0) is 19.6. The lowest BCUT2D eigenvalue weighted by molar-refractivity contribution is 0.0256. The van der Waals surface area contributed by atoms with Crippen molar-refractivity contribution in [2.45, 2.75) is 46.3 Å². The average Bonchev–Trinajstić information content (AvgIpc) is 2.54. The van der Waals surface area contributed by atoms with Crippen LogP contribution in [0.4, 0.5) is 10.5 Å². The molecule has 0 aliphatic rings. The predicted octanol–water partition coefficient (Wildman–Crippen LogP) is 3.82. The van der Waals surface area contributed by atoms with Gasteiger partial charge in [-0.25, -0.2) is 4.79 Å². The van der Waals surface area contributed by atoms with Crippen LogP contribution in [0.25, 0.3) is 0 Å². The number of carbonyl (C=O) groups is 1. The maximum absolute atomic E-state index is 12.2. The Bertz CT molecular complexity index is 603. The van der Waals surface area contributed by atoms with Crippen LogP contribution < -0.4 is 11.1 Å². The second-order valence-corrected chi connectivity index (χ2v) is 6.95. The largest absolute Gasteiger partial charge is 0.444 e. The fourth-order valence-corrected chi connectivity index (χ4v) is 2.28. The minimum Gasteiger partial charge on any atom is -0.444 e. The Morgan fingerprint density at radius 2 is 1.93 bits per heavy atom. The van der Waals surface area contributed by atoms with Crippen molar-refractivity contribution in [1.29, 1.82) is 0 Å². The number of amides is 1. The molecule has 0 saturated heterocycles. The number of para-hydroxylation sites is 1. The summed E-state index contributed by atoms with van der Waals surface area (Å²) in [6.45, 7) is 9.53. The smallest absolute Gasteiger partial charge is 0.410 e. The minimum absolute atomic E-state index is 0. The Morgan fingerprint density at radius 1 is 1.26 bits per heavy atom. The van der Waals surface area contributed by atoms with Crippen LogP contribution in [0.2, 0.25) is 0 Å². The average molecular weight is 492 g/mol. The Balaban J connectivity index is 0.00000676. The third-order valence-corrected chi connectivity index (χ3v) is 3.38. The van der Waals surface area contributed by atoms with E-state index in [-0.39, 0.29) is 30.1 Å². The number of nitrogens with one attached hydrogen (secondary N) is 1. The number of methoxy groups -OCH3 is 1. The van der Waals surface area contributed by atoms with E-state index in [4.69, 9.17) is 15.2 Å². The summed E-state index contributed by atoms with van der Waals surface area (Å²) in [6, 6.07) is 7.74. The number of guanidine groups is 1. The molecule has 0 radical (unpaired) electrons. The van der Waals surface area contributed by atoms with Gasteiger partial charge in [0.1, 0.15) is 5.60 Å². The number of nitrogens with zero attached hydrogens (tertiary/aromatic N) is 2. The normalized spacial score (nSPS) is 11.5. The quantitative estimate of drug-likeness (QED) is 0.327. The summed E-state index contributed by atoms with van der Waals surface area (Å²) in [5.74, 6) is 0.300. The summed E-state index contributed by atoms with van der Waals surface area (Å²) in [7, 11) is 1.65. The number of aliphatic imine (C=N–C) groups is 1. The fraction of sp³-hybridized carbons (Fsp3) is 0.579. The lowest BCUT2D eigenvalue weighted by Gasteiger charge is -2.26. The molecule has 0 spiro atoms. The summed E-state index contributed by atoms with van der Waals surface area (Å²) >= 11 is 0. The van der Waals surface area contributed by atoms with Crippen LogP contribution in [-0.4, -0.2) is 49.3 Å². The summed E-state index contributed by atoms with van der Waals surface area (Å²) in [5, 5.41) is 3.08. The summed E-state index contributed by atoms with van der Waals surface area (Å²) < 4.78 is 10.6. The molecule has 7 nitrogen and oxygen atoms in total. The van der Waals surface area contributed by atoms with Crippen LogP contribution >= 0.6 is 24.0 Å². The van der Waals surface area contributed by atoms with Gasteiger partial charge in [-0.15, -0.1) is 24.0 Å². The van der Waals surface area contributed by atoms with E-state index in [1.54, 1.807) is 12.0 Å². The molecule has 0 aromatic heterocycles. The van der Waals surface area contributed by atoms with Crippen molar-refractivity contribution < 1.29 is 14.3 Å². The topological polar surface area (TPSA) is 89.2 Å². The number of rotatable bonds is 8. The molecule has 0 bridgehead atoms. The first-order chi connectivity index (χ1) is 12.3. The van der Waals surface area contributed by atoms with Crippen LogP contribution in [-0.2, 0) is 16.1 Å². The van der Waals surface area contributed by atoms with E-state index in [1.165, 1.54) is 0 Å². The monoisotopic (exact) mass is 492 g/mol. The highest BCUT2D eigenvalue weighted by Crippen LogP contribution is 2.15. The van der Waals surface area contributed by atoms with Crippen molar-refractivity contribution in [2.24, 2.45) is 10.7 Å². The molecule has 0 unspecified atom stereocenters. The molecule has 27 heavy (non-hydrogen) atoms. The molecule has 0 saturated carbocycles. The Morgan fingerprint density at radius 3 is 2.52 bits per heavy atom. The highest BCUT2D eigenvalue weighted by molar-refractivity contribution is 14.0. The molecule has 8 heteroatoms. The molecule has 0 fully saturated rings. The van der Waals surface area contributed by atoms with Crippen LogP contribution in [0.3, 0.4) is 0 Å². The predicted molar refractivity (Wildman–Crippen MR) is 121 cm³/mol. The summed E-state index contributed by atoms with van der Waals surface area (Å²) in [6.07, 6.45) is 0.521. The van der Waals surface area contributed by atoms with Gasteiger partial charge in [0.2, 0.25) is 0 Å². The van der Waals surface area contributed by atoms with E-state index in [1.807, 2.05) is 52.0 Å². The Kier molecular flexibility index (Phi) is 12.0. The van der Waals surface area contributed by atoms with Gasteiger partial charge in [-0.2, -0.15) is 0 Å². The zero-order valence-electron chi connectivity index (χ0n) is 16.9. The summed E-state index contributed by atoms with van der Waals surface area (Å²) in [5.41, 5.74) is 7.31. The van der Waals surface area contributed by atoms with Crippen molar-refractivity contribution >= 4 is 41.7 Å². The van der Waals surface area contributed by atoms with Gasteiger partial charge in [0.25, 0.3) is 0 Å². The van der Waals surface area contributed by atoms with Crippen molar-refractivity contribution in [3.63, 3.8) is 0 Å². The zero-order valence-corrected chi connectivity index (χ0v) is 19.3. The van der Waals surface area contributed by atoms with Crippen LogP contribution in [0.1, 0.15) is 39.7 Å². The number of nitrogens with two attached hydrogens (primary N) is 1. The number of hydrogen-bond donors (Lipinski definition) is 2. The van der Waals surface area contributed by atoms with Crippen molar-refractivity contribution in [2.75, 3.05) is 32.1 Å². The standard InChI is InChI=1S/C19H32N4O3.HI/c1-6-12-23(18(24)26-19(2,3)4)13-11-21-17(20)22-16-10-8-7-9-15(16)14-25-5;/h7-10H,6,11-14H2,1-5H3,(H3,20,21,22);1H. The van der Waals surface area contributed by atoms with E-state index >= 15 is 0 Å². The SMILES string of the molecule is CCCN(CCN=C(N)Nc1ccccc1COC)C(=O)OC(C)(C)C.I. The van der Waals surface area contributed by atoms with Gasteiger partial charge in [-0.3, -0.25) is 4.99 Å². The van der Waals surface area contributed by atoms with Crippen LogP contribution in [0, 0.1) is 0 Å². The maximum Gasteiger partial charge on any atom is 0.410 e. The van der Waals surface area contributed by atoms with E-state index in [0.29, 0.717) is 32.2 Å². The molecular formula is C19H33IN4O3. The molecule has 154 valence electrons. The number of ether oxygens (including phenoxy) is 2. The molecule has 1 aromatic rings. The van der Waals surface area contributed by atoms with Crippen LogP contribution in [0.15, 0.2) is 29.3 Å². The molecule has 1 rings (SSSR count).